The van der Waals surface area contributed by atoms with Crippen molar-refractivity contribution in [1.29, 1.82) is 0 Å². The molecule has 0 aliphatic heterocycles. The lowest BCUT2D eigenvalue weighted by Crippen LogP contribution is -2.07. The van der Waals surface area contributed by atoms with Crippen molar-refractivity contribution in [2.75, 3.05) is 0 Å². The molecular weight excluding hydrogens is 257 g/mol. The molecule has 2 nitrogen and oxygen atoms in total. The Morgan fingerprint density at radius 3 is 2.47 bits per heavy atom. The highest BCUT2D eigenvalue weighted by atomic mass is 35.5. The molecule has 0 fully saturated rings. The van der Waals surface area contributed by atoms with Crippen LogP contribution in [0.2, 0.25) is 10.0 Å². The van der Waals surface area contributed by atoms with E-state index >= 15 is 0 Å². The zero-order valence-corrected chi connectivity index (χ0v) is 11.4. The second kappa shape index (κ2) is 4.35. The Morgan fingerprint density at radius 1 is 1.24 bits per heavy atom. The molecule has 0 saturated heterocycles. The van der Waals surface area contributed by atoms with Gasteiger partial charge in [-0.25, -0.2) is 0 Å². The predicted molar refractivity (Wildman–Crippen MR) is 73.4 cm³/mol. The molecule has 4 heteroatoms. The van der Waals surface area contributed by atoms with Gasteiger partial charge in [0.25, 0.3) is 0 Å². The largest absolute Gasteiger partial charge is 0.357 e. The first-order valence-electron chi connectivity index (χ1n) is 5.43. The number of hydrogen-bond acceptors (Lipinski definition) is 1. The smallest absolute Gasteiger partial charge is 0.191 e. The molecule has 90 valence electrons. The van der Waals surface area contributed by atoms with Gasteiger partial charge < -0.3 is 4.98 Å². The van der Waals surface area contributed by atoms with Gasteiger partial charge in [-0.05, 0) is 24.5 Å². The summed E-state index contributed by atoms with van der Waals surface area (Å²) < 4.78 is 0. The fraction of sp³-hybridized carbons (Fsp3) is 0.308. The second-order valence-corrected chi connectivity index (χ2v) is 5.27. The number of benzene rings is 1. The normalized spacial score (nSPS) is 11.4. The van der Waals surface area contributed by atoms with Crippen LogP contribution >= 0.6 is 23.2 Å². The molecule has 0 spiro atoms. The summed E-state index contributed by atoms with van der Waals surface area (Å²) in [7, 11) is 0. The van der Waals surface area contributed by atoms with Crippen molar-refractivity contribution in [2.24, 2.45) is 0 Å². The van der Waals surface area contributed by atoms with E-state index in [1.165, 1.54) is 0 Å². The van der Waals surface area contributed by atoms with E-state index in [0.29, 0.717) is 20.9 Å². The van der Waals surface area contributed by atoms with Gasteiger partial charge in [-0.2, -0.15) is 0 Å². The lowest BCUT2D eigenvalue weighted by atomic mass is 10.1. The van der Waals surface area contributed by atoms with E-state index in [2.05, 4.69) is 4.98 Å². The average molecular weight is 270 g/mol. The van der Waals surface area contributed by atoms with Gasteiger partial charge in [0.15, 0.2) is 5.43 Å². The fourth-order valence-corrected chi connectivity index (χ4v) is 2.36. The zero-order valence-electron chi connectivity index (χ0n) is 9.90. The van der Waals surface area contributed by atoms with Crippen molar-refractivity contribution in [1.82, 2.24) is 4.98 Å². The minimum atomic E-state index is -0.0851. The van der Waals surface area contributed by atoms with Crippen LogP contribution in [-0.4, -0.2) is 4.98 Å². The first-order valence-corrected chi connectivity index (χ1v) is 6.19. The monoisotopic (exact) mass is 269 g/mol. The molecule has 1 aromatic carbocycles. The fourth-order valence-electron chi connectivity index (χ4n) is 1.81. The number of hydrogen-bond donors (Lipinski definition) is 1. The highest BCUT2D eigenvalue weighted by molar-refractivity contribution is 6.40. The maximum atomic E-state index is 12.1. The Balaban J connectivity index is 2.96. The summed E-state index contributed by atoms with van der Waals surface area (Å²) in [6.45, 7) is 5.87. The van der Waals surface area contributed by atoms with Gasteiger partial charge in [-0.3, -0.25) is 4.79 Å². The molecule has 0 amide bonds. The van der Waals surface area contributed by atoms with Crippen LogP contribution in [-0.2, 0) is 0 Å². The third-order valence-electron chi connectivity index (χ3n) is 2.82. The standard InChI is InChI=1S/C13H13Cl2NO/c1-6(2)9-5-10(17)11-12(15)7(3)4-8(14)13(11)16-9/h4-6H,1-3H3,(H,16,17). The summed E-state index contributed by atoms with van der Waals surface area (Å²) in [5.74, 6) is 0.239. The highest BCUT2D eigenvalue weighted by Gasteiger charge is 2.13. The molecule has 2 aromatic rings. The van der Waals surface area contributed by atoms with Gasteiger partial charge in [-0.15, -0.1) is 0 Å². The minimum Gasteiger partial charge on any atom is -0.357 e. The van der Waals surface area contributed by atoms with Gasteiger partial charge in [-0.1, -0.05) is 37.0 Å². The summed E-state index contributed by atoms with van der Waals surface area (Å²) in [4.78, 5) is 15.3. The van der Waals surface area contributed by atoms with Crippen molar-refractivity contribution in [2.45, 2.75) is 26.7 Å². The van der Waals surface area contributed by atoms with E-state index in [0.717, 1.165) is 11.3 Å². The van der Waals surface area contributed by atoms with Crippen LogP contribution in [0, 0.1) is 6.92 Å². The molecule has 2 rings (SSSR count). The number of rotatable bonds is 1. The Kier molecular flexibility index (Phi) is 3.19. The van der Waals surface area contributed by atoms with Crippen LogP contribution in [0.4, 0.5) is 0 Å². The Morgan fingerprint density at radius 2 is 1.88 bits per heavy atom. The molecule has 0 unspecified atom stereocenters. The maximum Gasteiger partial charge on any atom is 0.191 e. The number of halogens is 2. The van der Waals surface area contributed by atoms with Crippen molar-refractivity contribution < 1.29 is 0 Å². The summed E-state index contributed by atoms with van der Waals surface area (Å²) in [5.41, 5.74) is 2.22. The highest BCUT2D eigenvalue weighted by Crippen LogP contribution is 2.30. The van der Waals surface area contributed by atoms with Crippen molar-refractivity contribution >= 4 is 34.1 Å². The molecule has 0 bridgehead atoms. The van der Waals surface area contributed by atoms with Crippen molar-refractivity contribution in [3.63, 3.8) is 0 Å². The SMILES string of the molecule is Cc1cc(Cl)c2[nH]c(C(C)C)cc(=O)c2c1Cl. The molecule has 0 aliphatic rings. The number of H-pyrrole nitrogens is 1. The van der Waals surface area contributed by atoms with Crippen molar-refractivity contribution in [3.05, 3.63) is 43.7 Å². The molecule has 0 radical (unpaired) electrons. The third-order valence-corrected chi connectivity index (χ3v) is 3.61. The van der Waals surface area contributed by atoms with E-state index in [1.807, 2.05) is 20.8 Å². The minimum absolute atomic E-state index is 0.0851. The molecule has 17 heavy (non-hydrogen) atoms. The molecular formula is C13H13Cl2NO. The van der Waals surface area contributed by atoms with Crippen LogP contribution < -0.4 is 5.43 Å². The van der Waals surface area contributed by atoms with Gasteiger partial charge in [0.1, 0.15) is 0 Å². The van der Waals surface area contributed by atoms with Crippen molar-refractivity contribution in [3.8, 4) is 0 Å². The Hall–Kier alpha value is -0.990. The molecule has 1 heterocycles. The van der Waals surface area contributed by atoms with E-state index in [-0.39, 0.29) is 11.3 Å². The van der Waals surface area contributed by atoms with Gasteiger partial charge in [0.05, 0.1) is 20.9 Å². The predicted octanol–water partition coefficient (Wildman–Crippen LogP) is 4.27. The van der Waals surface area contributed by atoms with Gasteiger partial charge in [0, 0.05) is 11.8 Å². The lowest BCUT2D eigenvalue weighted by Gasteiger charge is -2.10. The quantitative estimate of drug-likeness (QED) is 0.824. The first kappa shape index (κ1) is 12.5. The summed E-state index contributed by atoms with van der Waals surface area (Å²) in [5, 5.41) is 1.48. The zero-order chi connectivity index (χ0) is 12.7. The summed E-state index contributed by atoms with van der Waals surface area (Å²) in [6, 6.07) is 3.36. The molecule has 0 saturated carbocycles. The summed E-state index contributed by atoms with van der Waals surface area (Å²) in [6.07, 6.45) is 0. The average Bonchev–Trinajstić information content (AvgIpc) is 2.25. The number of aromatic amines is 1. The van der Waals surface area contributed by atoms with E-state index in [4.69, 9.17) is 23.2 Å². The van der Waals surface area contributed by atoms with Crippen LogP contribution in [0.3, 0.4) is 0 Å². The number of nitrogens with one attached hydrogen (secondary N) is 1. The second-order valence-electron chi connectivity index (χ2n) is 4.48. The molecule has 1 N–H and O–H groups in total. The number of aromatic nitrogens is 1. The van der Waals surface area contributed by atoms with Crippen LogP contribution in [0.25, 0.3) is 10.9 Å². The maximum absolute atomic E-state index is 12.1. The Labute approximate surface area is 110 Å². The van der Waals surface area contributed by atoms with Gasteiger partial charge in [0.2, 0.25) is 0 Å². The summed E-state index contributed by atoms with van der Waals surface area (Å²) >= 11 is 12.3. The van der Waals surface area contributed by atoms with Gasteiger partial charge >= 0.3 is 0 Å². The lowest BCUT2D eigenvalue weighted by molar-refractivity contribution is 0.828. The molecule has 0 atom stereocenters. The van der Waals surface area contributed by atoms with Crippen LogP contribution in [0.15, 0.2) is 16.9 Å². The van der Waals surface area contributed by atoms with Crippen LogP contribution in [0.5, 0.6) is 0 Å². The third kappa shape index (κ3) is 2.07. The van der Waals surface area contributed by atoms with Crippen LogP contribution in [0.1, 0.15) is 31.0 Å². The topological polar surface area (TPSA) is 32.9 Å². The number of pyridine rings is 1. The van der Waals surface area contributed by atoms with E-state index in [1.54, 1.807) is 12.1 Å². The number of aryl methyl sites for hydroxylation is 1. The molecule has 1 aromatic heterocycles. The first-order chi connectivity index (χ1) is 7.91. The van der Waals surface area contributed by atoms with E-state index in [9.17, 15) is 4.79 Å². The Bertz CT molecular complexity index is 644. The molecule has 0 aliphatic carbocycles. The van der Waals surface area contributed by atoms with E-state index < -0.39 is 0 Å². The number of fused-ring (bicyclic) bond motifs is 1.